The fraction of sp³-hybridized carbons (Fsp3) is 0.267. The minimum atomic E-state index is -3.25. The van der Waals surface area contributed by atoms with E-state index >= 15 is 0 Å². The average molecular weight is 346 g/mol. The van der Waals surface area contributed by atoms with Gasteiger partial charge in [0.1, 0.15) is 12.1 Å². The summed E-state index contributed by atoms with van der Waals surface area (Å²) in [6, 6.07) is 9.33. The van der Waals surface area contributed by atoms with Gasteiger partial charge in [-0.3, -0.25) is 0 Å². The Kier molecular flexibility index (Phi) is 4.45. The molecule has 0 saturated heterocycles. The molecule has 2 N–H and O–H groups in total. The summed E-state index contributed by atoms with van der Waals surface area (Å²) in [5, 5.41) is 7.44. The van der Waals surface area contributed by atoms with E-state index in [1.165, 1.54) is 13.4 Å². The molecule has 0 aliphatic heterocycles. The van der Waals surface area contributed by atoms with E-state index in [1.807, 2.05) is 37.3 Å². The fourth-order valence-corrected chi connectivity index (χ4v) is 3.07. The highest BCUT2D eigenvalue weighted by molar-refractivity contribution is 7.88. The molecule has 0 saturated carbocycles. The van der Waals surface area contributed by atoms with E-state index in [0.29, 0.717) is 12.3 Å². The van der Waals surface area contributed by atoms with Crippen LogP contribution < -0.4 is 10.0 Å². The molecular formula is C15H18N6O2S. The van der Waals surface area contributed by atoms with Crippen molar-refractivity contribution in [1.29, 1.82) is 0 Å². The monoisotopic (exact) mass is 346 g/mol. The minimum Gasteiger partial charge on any atom is -0.366 e. The molecule has 0 radical (unpaired) electrons. The molecule has 126 valence electrons. The molecule has 2 aromatic heterocycles. The molecule has 9 heteroatoms. The van der Waals surface area contributed by atoms with Crippen molar-refractivity contribution in [2.24, 2.45) is 0 Å². The molecular weight excluding hydrogens is 328 g/mol. The fourth-order valence-electron chi connectivity index (χ4n) is 2.29. The highest BCUT2D eigenvalue weighted by Gasteiger charge is 2.09. The first-order chi connectivity index (χ1) is 11.5. The van der Waals surface area contributed by atoms with Crippen LogP contribution in [0.1, 0.15) is 16.8 Å². The number of hydrogen-bond donors (Lipinski definition) is 2. The molecule has 1 aromatic carbocycles. The highest BCUT2D eigenvalue weighted by Crippen LogP contribution is 2.13. The molecule has 0 spiro atoms. The smallest absolute Gasteiger partial charge is 0.254 e. The minimum absolute atomic E-state index is 0.0274. The van der Waals surface area contributed by atoms with E-state index in [9.17, 15) is 8.42 Å². The second-order valence-electron chi connectivity index (χ2n) is 5.39. The largest absolute Gasteiger partial charge is 0.366 e. The first kappa shape index (κ1) is 16.3. The number of aromatic nitrogens is 4. The summed E-state index contributed by atoms with van der Waals surface area (Å²) in [6.07, 6.45) is 1.46. The maximum Gasteiger partial charge on any atom is 0.254 e. The maximum absolute atomic E-state index is 11.6. The highest BCUT2D eigenvalue weighted by atomic mass is 32.2. The quantitative estimate of drug-likeness (QED) is 0.693. The number of rotatable bonds is 6. The topological polar surface area (TPSA) is 101 Å². The van der Waals surface area contributed by atoms with Gasteiger partial charge in [0.2, 0.25) is 10.0 Å². The van der Waals surface area contributed by atoms with Crippen molar-refractivity contribution in [2.75, 3.05) is 12.4 Å². The lowest BCUT2D eigenvalue weighted by molar-refractivity contribution is 0.587. The van der Waals surface area contributed by atoms with Crippen LogP contribution in [0.15, 0.2) is 36.7 Å². The van der Waals surface area contributed by atoms with Crippen LogP contribution in [0, 0.1) is 6.92 Å². The Bertz CT molecular complexity index is 950. The zero-order valence-electron chi connectivity index (χ0n) is 13.4. The van der Waals surface area contributed by atoms with Crippen LogP contribution in [-0.4, -0.2) is 35.0 Å². The van der Waals surface area contributed by atoms with Crippen LogP contribution >= 0.6 is 0 Å². The van der Waals surface area contributed by atoms with E-state index in [4.69, 9.17) is 0 Å². The SMILES string of the molecule is CNS(=O)(=O)Cc1ccc(CNc2cc(C)nc3ncnn23)cc1. The van der Waals surface area contributed by atoms with Crippen LogP contribution in [-0.2, 0) is 22.3 Å². The molecule has 0 bridgehead atoms. The predicted molar refractivity (Wildman–Crippen MR) is 91.0 cm³/mol. The van der Waals surface area contributed by atoms with Gasteiger partial charge in [-0.2, -0.15) is 14.6 Å². The van der Waals surface area contributed by atoms with E-state index in [0.717, 1.165) is 22.6 Å². The van der Waals surface area contributed by atoms with Gasteiger partial charge in [0.15, 0.2) is 0 Å². The number of hydrogen-bond acceptors (Lipinski definition) is 6. The van der Waals surface area contributed by atoms with Crippen molar-refractivity contribution >= 4 is 21.6 Å². The third-order valence-electron chi connectivity index (χ3n) is 3.54. The summed E-state index contributed by atoms with van der Waals surface area (Å²) in [7, 11) is -1.84. The van der Waals surface area contributed by atoms with Gasteiger partial charge in [-0.25, -0.2) is 18.1 Å². The Morgan fingerprint density at radius 2 is 1.88 bits per heavy atom. The van der Waals surface area contributed by atoms with Crippen LogP contribution in [0.5, 0.6) is 0 Å². The molecule has 3 rings (SSSR count). The molecule has 3 aromatic rings. The summed E-state index contributed by atoms with van der Waals surface area (Å²) in [6.45, 7) is 2.48. The van der Waals surface area contributed by atoms with Crippen molar-refractivity contribution in [3.8, 4) is 0 Å². The lowest BCUT2D eigenvalue weighted by Gasteiger charge is -2.09. The van der Waals surface area contributed by atoms with Crippen molar-refractivity contribution in [2.45, 2.75) is 19.2 Å². The average Bonchev–Trinajstić information content (AvgIpc) is 3.02. The molecule has 0 unspecified atom stereocenters. The number of aryl methyl sites for hydroxylation is 1. The number of fused-ring (bicyclic) bond motifs is 1. The molecule has 2 heterocycles. The maximum atomic E-state index is 11.6. The van der Waals surface area contributed by atoms with Gasteiger partial charge < -0.3 is 5.32 Å². The second-order valence-corrected chi connectivity index (χ2v) is 7.31. The standard InChI is InChI=1S/C15H18N6O2S/c1-11-7-14(21-15(20-11)18-10-19-21)17-8-12-3-5-13(6-4-12)9-24(22,23)16-2/h3-7,10,16-17H,8-9H2,1-2H3. The Balaban J connectivity index is 1.71. The van der Waals surface area contributed by atoms with E-state index in [1.54, 1.807) is 4.52 Å². The number of anilines is 1. The summed E-state index contributed by atoms with van der Waals surface area (Å²) in [4.78, 5) is 8.38. The zero-order valence-corrected chi connectivity index (χ0v) is 14.2. The van der Waals surface area contributed by atoms with Gasteiger partial charge in [0.25, 0.3) is 5.78 Å². The zero-order chi connectivity index (χ0) is 17.2. The van der Waals surface area contributed by atoms with E-state index in [-0.39, 0.29) is 5.75 Å². The van der Waals surface area contributed by atoms with Crippen molar-refractivity contribution in [3.05, 3.63) is 53.5 Å². The Labute approximate surface area is 140 Å². The molecule has 0 fully saturated rings. The van der Waals surface area contributed by atoms with Crippen LogP contribution in [0.25, 0.3) is 5.78 Å². The van der Waals surface area contributed by atoms with Gasteiger partial charge in [-0.05, 0) is 25.1 Å². The first-order valence-electron chi connectivity index (χ1n) is 7.37. The molecule has 8 nitrogen and oxygen atoms in total. The first-order valence-corrected chi connectivity index (χ1v) is 9.02. The number of sulfonamides is 1. The van der Waals surface area contributed by atoms with Crippen molar-refractivity contribution < 1.29 is 8.42 Å². The summed E-state index contributed by atoms with van der Waals surface area (Å²) in [5.74, 6) is 1.32. The molecule has 0 atom stereocenters. The normalized spacial score (nSPS) is 11.8. The molecule has 24 heavy (non-hydrogen) atoms. The predicted octanol–water partition coefficient (Wildman–Crippen LogP) is 1.09. The third kappa shape index (κ3) is 3.69. The second kappa shape index (κ2) is 6.54. The van der Waals surface area contributed by atoms with Crippen molar-refractivity contribution in [3.63, 3.8) is 0 Å². The lowest BCUT2D eigenvalue weighted by Crippen LogP contribution is -2.20. The number of nitrogens with zero attached hydrogens (tertiary/aromatic N) is 4. The van der Waals surface area contributed by atoms with Crippen LogP contribution in [0.3, 0.4) is 0 Å². The van der Waals surface area contributed by atoms with E-state index in [2.05, 4.69) is 25.1 Å². The summed E-state index contributed by atoms with van der Waals surface area (Å²) in [5.41, 5.74) is 2.63. The molecule has 0 aliphatic carbocycles. The third-order valence-corrected chi connectivity index (χ3v) is 4.88. The molecule has 0 aliphatic rings. The molecule has 0 amide bonds. The summed E-state index contributed by atoms with van der Waals surface area (Å²) < 4.78 is 27.0. The van der Waals surface area contributed by atoms with Gasteiger partial charge in [-0.15, -0.1) is 0 Å². The number of nitrogens with one attached hydrogen (secondary N) is 2. The van der Waals surface area contributed by atoms with Gasteiger partial charge in [-0.1, -0.05) is 24.3 Å². The lowest BCUT2D eigenvalue weighted by atomic mass is 10.1. The van der Waals surface area contributed by atoms with E-state index < -0.39 is 10.0 Å². The Morgan fingerprint density at radius 1 is 1.17 bits per heavy atom. The van der Waals surface area contributed by atoms with Gasteiger partial charge in [0.05, 0.1) is 5.75 Å². The van der Waals surface area contributed by atoms with Crippen molar-refractivity contribution in [1.82, 2.24) is 24.3 Å². The van der Waals surface area contributed by atoms with Gasteiger partial charge >= 0.3 is 0 Å². The van der Waals surface area contributed by atoms with Gasteiger partial charge in [0, 0.05) is 18.3 Å². The Morgan fingerprint density at radius 3 is 2.58 bits per heavy atom. The summed E-state index contributed by atoms with van der Waals surface area (Å²) >= 11 is 0. The number of benzene rings is 1. The van der Waals surface area contributed by atoms with Crippen LogP contribution in [0.4, 0.5) is 5.82 Å². The van der Waals surface area contributed by atoms with Crippen LogP contribution in [0.2, 0.25) is 0 Å². The Hall–Kier alpha value is -2.52.